The van der Waals surface area contributed by atoms with Gasteiger partial charge >= 0.3 is 5.97 Å². The molecule has 0 heterocycles. The SMILES string of the molecule is C[NH+](Cc1ccccc1)C(C[NH3+])C(=O)O.[Cl-].[Cl-]. The summed E-state index contributed by atoms with van der Waals surface area (Å²) in [6, 6.07) is 9.46. The lowest BCUT2D eigenvalue weighted by atomic mass is 10.2. The molecule has 17 heavy (non-hydrogen) atoms. The number of nitrogens with one attached hydrogen (secondary N) is 1. The molecule has 6 heteroatoms. The molecule has 0 bridgehead atoms. The van der Waals surface area contributed by atoms with E-state index in [0.29, 0.717) is 13.1 Å². The lowest BCUT2D eigenvalue weighted by Gasteiger charge is -2.18. The fourth-order valence-electron chi connectivity index (χ4n) is 1.62. The molecule has 1 rings (SSSR count). The Labute approximate surface area is 114 Å². The third-order valence-corrected chi connectivity index (χ3v) is 2.51. The molecule has 0 radical (unpaired) electrons. The lowest BCUT2D eigenvalue weighted by molar-refractivity contribution is -0.916. The maximum Gasteiger partial charge on any atom is 0.368 e. The molecule has 4 nitrogen and oxygen atoms in total. The second kappa shape index (κ2) is 9.24. The molecule has 0 aromatic heterocycles. The van der Waals surface area contributed by atoms with Gasteiger partial charge in [0.15, 0.2) is 0 Å². The number of hydrogen-bond acceptors (Lipinski definition) is 1. The summed E-state index contributed by atoms with van der Waals surface area (Å²) in [7, 11) is 1.89. The summed E-state index contributed by atoms with van der Waals surface area (Å²) in [6.45, 7) is 1.13. The zero-order chi connectivity index (χ0) is 11.3. The molecule has 0 aliphatic carbocycles. The van der Waals surface area contributed by atoms with E-state index in [0.717, 1.165) is 10.5 Å². The van der Waals surface area contributed by atoms with Crippen molar-refractivity contribution in [3.63, 3.8) is 0 Å². The Hall–Kier alpha value is -0.810. The van der Waals surface area contributed by atoms with Crippen molar-refractivity contribution in [1.29, 1.82) is 0 Å². The number of hydrogen-bond donors (Lipinski definition) is 3. The van der Waals surface area contributed by atoms with E-state index in [9.17, 15) is 4.79 Å². The Kier molecular flexibility index (Phi) is 10.1. The molecule has 98 valence electrons. The molecule has 0 spiro atoms. The third-order valence-electron chi connectivity index (χ3n) is 2.51. The van der Waals surface area contributed by atoms with E-state index in [2.05, 4.69) is 5.73 Å². The molecule has 2 unspecified atom stereocenters. The molecule has 2 atom stereocenters. The van der Waals surface area contributed by atoms with Crippen LogP contribution in [-0.4, -0.2) is 30.7 Å². The van der Waals surface area contributed by atoms with Gasteiger partial charge in [0, 0.05) is 5.56 Å². The van der Waals surface area contributed by atoms with Crippen molar-refractivity contribution in [2.45, 2.75) is 12.6 Å². The first-order valence-corrected chi connectivity index (χ1v) is 5.03. The molecule has 0 fully saturated rings. The first kappa shape index (κ1) is 18.6. The van der Waals surface area contributed by atoms with Crippen LogP contribution in [0.3, 0.4) is 0 Å². The van der Waals surface area contributed by atoms with Crippen LogP contribution in [0.2, 0.25) is 0 Å². The quantitative estimate of drug-likeness (QED) is 0.502. The molecule has 1 aromatic carbocycles. The van der Waals surface area contributed by atoms with Crippen molar-refractivity contribution < 1.29 is 45.3 Å². The fraction of sp³-hybridized carbons (Fsp3) is 0.364. The van der Waals surface area contributed by atoms with Crippen LogP contribution < -0.4 is 35.4 Å². The van der Waals surface area contributed by atoms with Crippen molar-refractivity contribution in [2.24, 2.45) is 0 Å². The van der Waals surface area contributed by atoms with Gasteiger partial charge in [-0.25, -0.2) is 4.79 Å². The van der Waals surface area contributed by atoms with E-state index in [1.807, 2.05) is 37.4 Å². The first-order chi connectivity index (χ1) is 7.15. The highest BCUT2D eigenvalue weighted by Crippen LogP contribution is 1.95. The van der Waals surface area contributed by atoms with Gasteiger partial charge < -0.3 is 40.6 Å². The highest BCUT2D eigenvalue weighted by Gasteiger charge is 2.26. The van der Waals surface area contributed by atoms with E-state index >= 15 is 0 Å². The van der Waals surface area contributed by atoms with Crippen molar-refractivity contribution in [2.75, 3.05) is 13.6 Å². The van der Waals surface area contributed by atoms with Crippen molar-refractivity contribution in [3.8, 4) is 0 Å². The van der Waals surface area contributed by atoms with Crippen LogP contribution in [0.5, 0.6) is 0 Å². The minimum absolute atomic E-state index is 0. The zero-order valence-corrected chi connectivity index (χ0v) is 11.2. The summed E-state index contributed by atoms with van der Waals surface area (Å²) in [5, 5.41) is 8.96. The van der Waals surface area contributed by atoms with E-state index in [4.69, 9.17) is 5.11 Å². The maximum atomic E-state index is 10.9. The monoisotopic (exact) mass is 280 g/mol. The Balaban J connectivity index is 0. The van der Waals surface area contributed by atoms with Crippen molar-refractivity contribution in [3.05, 3.63) is 35.9 Å². The molecule has 0 aliphatic heterocycles. The summed E-state index contributed by atoms with van der Waals surface area (Å²) in [5.41, 5.74) is 4.82. The van der Waals surface area contributed by atoms with Gasteiger partial charge in [-0.2, -0.15) is 0 Å². The van der Waals surface area contributed by atoms with Crippen LogP contribution >= 0.6 is 0 Å². The van der Waals surface area contributed by atoms with Gasteiger partial charge in [0.1, 0.15) is 13.1 Å². The Morgan fingerprint density at radius 3 is 2.29 bits per heavy atom. The number of benzene rings is 1. The number of halogens is 2. The van der Waals surface area contributed by atoms with Crippen LogP contribution in [0.1, 0.15) is 5.56 Å². The summed E-state index contributed by atoms with van der Waals surface area (Å²) < 4.78 is 0. The van der Waals surface area contributed by atoms with Gasteiger partial charge in [0.25, 0.3) is 0 Å². The molecule has 0 aliphatic rings. The van der Waals surface area contributed by atoms with Crippen LogP contribution in [0.15, 0.2) is 30.3 Å². The number of carboxylic acid groups (broad SMARTS) is 1. The predicted octanol–water partition coefficient (Wildman–Crippen LogP) is -7.60. The van der Waals surface area contributed by atoms with Gasteiger partial charge in [-0.05, 0) is 0 Å². The second-order valence-corrected chi connectivity index (χ2v) is 3.69. The van der Waals surface area contributed by atoms with Crippen LogP contribution in [0.4, 0.5) is 0 Å². The van der Waals surface area contributed by atoms with Crippen molar-refractivity contribution >= 4 is 5.97 Å². The molecule has 5 N–H and O–H groups in total. The Morgan fingerprint density at radius 2 is 1.88 bits per heavy atom. The van der Waals surface area contributed by atoms with Gasteiger partial charge in [0.05, 0.1) is 7.05 Å². The number of likely N-dealkylation sites (N-methyl/N-ethyl adjacent to an activating group) is 1. The van der Waals surface area contributed by atoms with Crippen LogP contribution in [-0.2, 0) is 11.3 Å². The first-order valence-electron chi connectivity index (χ1n) is 5.03. The Morgan fingerprint density at radius 1 is 1.35 bits per heavy atom. The Bertz CT molecular complexity index is 323. The van der Waals surface area contributed by atoms with Gasteiger partial charge in [0.2, 0.25) is 6.04 Å². The topological polar surface area (TPSA) is 69.4 Å². The van der Waals surface area contributed by atoms with E-state index in [1.54, 1.807) is 0 Å². The van der Waals surface area contributed by atoms with Gasteiger partial charge in [-0.3, -0.25) is 0 Å². The number of carbonyl (C=O) groups is 1. The average Bonchev–Trinajstić information content (AvgIpc) is 2.19. The summed E-state index contributed by atoms with van der Waals surface area (Å²) in [6.07, 6.45) is 0. The van der Waals surface area contributed by atoms with E-state index in [1.165, 1.54) is 0 Å². The molecule has 0 saturated heterocycles. The summed E-state index contributed by atoms with van der Waals surface area (Å²) in [4.78, 5) is 11.9. The lowest BCUT2D eigenvalue weighted by Crippen LogP contribution is -3.14. The maximum absolute atomic E-state index is 10.9. The largest absolute Gasteiger partial charge is 1.00 e. The summed E-state index contributed by atoms with van der Waals surface area (Å²) in [5.74, 6) is -0.779. The summed E-state index contributed by atoms with van der Waals surface area (Å²) >= 11 is 0. The standard InChI is InChI=1S/C11H16N2O2.2ClH/c1-13(10(7-12)11(14)15)8-9-5-3-2-4-6-9;;/h2-6,10H,7-8,12H2,1H3,(H,14,15);2*1H. The molecule has 1 aromatic rings. The second-order valence-electron chi connectivity index (χ2n) is 3.69. The van der Waals surface area contributed by atoms with Crippen LogP contribution in [0, 0.1) is 0 Å². The number of quaternary nitrogens is 2. The third kappa shape index (κ3) is 5.89. The molecular formula is C11H18Cl2N2O2. The number of carboxylic acids is 1. The van der Waals surface area contributed by atoms with Crippen LogP contribution in [0.25, 0.3) is 0 Å². The van der Waals surface area contributed by atoms with Crippen molar-refractivity contribution in [1.82, 2.24) is 0 Å². The highest BCUT2D eigenvalue weighted by atomic mass is 35.5. The smallest absolute Gasteiger partial charge is 0.368 e. The molecular weight excluding hydrogens is 263 g/mol. The number of rotatable bonds is 5. The zero-order valence-electron chi connectivity index (χ0n) is 9.70. The predicted molar refractivity (Wildman–Crippen MR) is 56.2 cm³/mol. The minimum atomic E-state index is -0.779. The van der Waals surface area contributed by atoms with Gasteiger partial charge in [-0.15, -0.1) is 0 Å². The van der Waals surface area contributed by atoms with Gasteiger partial charge in [-0.1, -0.05) is 30.3 Å². The molecule has 0 amide bonds. The average molecular weight is 281 g/mol. The number of aliphatic carboxylic acids is 1. The molecule has 0 saturated carbocycles. The normalized spacial score (nSPS) is 12.8. The highest BCUT2D eigenvalue weighted by molar-refractivity contribution is 5.71. The fourth-order valence-corrected chi connectivity index (χ4v) is 1.62. The van der Waals surface area contributed by atoms with E-state index in [-0.39, 0.29) is 24.8 Å². The minimum Gasteiger partial charge on any atom is -1.00 e. The van der Waals surface area contributed by atoms with E-state index < -0.39 is 12.0 Å².